The third-order valence-corrected chi connectivity index (χ3v) is 2.64. The van der Waals surface area contributed by atoms with Gasteiger partial charge in [-0.3, -0.25) is 0 Å². The molecule has 0 aromatic heterocycles. The molecule has 0 radical (unpaired) electrons. The van der Waals surface area contributed by atoms with E-state index in [0.717, 1.165) is 0 Å². The topological polar surface area (TPSA) is 74.6 Å². The minimum atomic E-state index is -1.13. The largest absolute Gasteiger partial charge is 0.478 e. The summed E-state index contributed by atoms with van der Waals surface area (Å²) < 4.78 is 0. The highest BCUT2D eigenvalue weighted by Gasteiger charge is 2.14. The van der Waals surface area contributed by atoms with E-state index >= 15 is 0 Å². The second-order valence-electron chi connectivity index (χ2n) is 3.68. The van der Waals surface area contributed by atoms with Crippen LogP contribution < -0.4 is 0 Å². The van der Waals surface area contributed by atoms with E-state index in [9.17, 15) is 9.59 Å². The Balaban J connectivity index is 2.83. The lowest BCUT2D eigenvalue weighted by Crippen LogP contribution is -2.02. The number of hydrogen-bond acceptors (Lipinski definition) is 2. The maximum atomic E-state index is 11.2. The Bertz CT molecular complexity index is 708. The standard InChI is InChI=1S/C14H8O4/c1-2-8-3-4-9-7-10(13(15)16)5-6-11(9)12(8)14(17)18/h1,3-7H,(H,15,16)(H,17,18). The molecule has 0 saturated heterocycles. The van der Waals surface area contributed by atoms with Gasteiger partial charge in [-0.05, 0) is 29.0 Å². The van der Waals surface area contributed by atoms with Gasteiger partial charge in [0.25, 0.3) is 0 Å². The molecule has 4 nitrogen and oxygen atoms in total. The summed E-state index contributed by atoms with van der Waals surface area (Å²) in [5.74, 6) is 0.121. The van der Waals surface area contributed by atoms with E-state index in [1.165, 1.54) is 24.3 Å². The van der Waals surface area contributed by atoms with Crippen LogP contribution in [0.4, 0.5) is 0 Å². The molecule has 0 fully saturated rings. The van der Waals surface area contributed by atoms with Crippen molar-refractivity contribution in [2.45, 2.75) is 0 Å². The molecule has 0 saturated carbocycles. The van der Waals surface area contributed by atoms with E-state index in [1.807, 2.05) is 0 Å². The maximum Gasteiger partial charge on any atom is 0.337 e. The number of fused-ring (bicyclic) bond motifs is 1. The molecule has 2 aromatic carbocycles. The minimum absolute atomic E-state index is 0.0203. The highest BCUT2D eigenvalue weighted by molar-refractivity contribution is 6.07. The van der Waals surface area contributed by atoms with Crippen LogP contribution in [0.1, 0.15) is 26.3 Å². The number of carbonyl (C=O) groups is 2. The summed E-state index contributed by atoms with van der Waals surface area (Å²) in [6.45, 7) is 0. The molecule has 18 heavy (non-hydrogen) atoms. The zero-order valence-electron chi connectivity index (χ0n) is 9.18. The molecule has 0 aliphatic carbocycles. The van der Waals surface area contributed by atoms with Crippen molar-refractivity contribution in [3.8, 4) is 12.3 Å². The minimum Gasteiger partial charge on any atom is -0.478 e. The fraction of sp³-hybridized carbons (Fsp3) is 0. The van der Waals surface area contributed by atoms with E-state index in [-0.39, 0.29) is 16.7 Å². The third-order valence-electron chi connectivity index (χ3n) is 2.64. The first-order valence-corrected chi connectivity index (χ1v) is 5.04. The van der Waals surface area contributed by atoms with Gasteiger partial charge in [-0.2, -0.15) is 0 Å². The lowest BCUT2D eigenvalue weighted by atomic mass is 9.98. The molecule has 0 amide bonds. The first-order valence-electron chi connectivity index (χ1n) is 5.04. The molecular weight excluding hydrogens is 232 g/mol. The second-order valence-corrected chi connectivity index (χ2v) is 3.68. The van der Waals surface area contributed by atoms with Crippen molar-refractivity contribution >= 4 is 22.7 Å². The average Bonchev–Trinajstić information content (AvgIpc) is 2.36. The molecule has 2 aromatic rings. The van der Waals surface area contributed by atoms with E-state index in [2.05, 4.69) is 5.92 Å². The van der Waals surface area contributed by atoms with Crippen molar-refractivity contribution in [1.82, 2.24) is 0 Å². The van der Waals surface area contributed by atoms with E-state index in [4.69, 9.17) is 16.6 Å². The third kappa shape index (κ3) is 1.78. The Morgan fingerprint density at radius 3 is 2.33 bits per heavy atom. The number of rotatable bonds is 2. The lowest BCUT2D eigenvalue weighted by Gasteiger charge is -2.06. The van der Waals surface area contributed by atoms with Crippen LogP contribution in [-0.4, -0.2) is 22.2 Å². The highest BCUT2D eigenvalue weighted by Crippen LogP contribution is 2.23. The van der Waals surface area contributed by atoms with Crippen LogP contribution in [-0.2, 0) is 0 Å². The van der Waals surface area contributed by atoms with Gasteiger partial charge >= 0.3 is 11.9 Å². The van der Waals surface area contributed by atoms with Gasteiger partial charge in [0.05, 0.1) is 11.1 Å². The molecule has 0 unspecified atom stereocenters. The van der Waals surface area contributed by atoms with E-state index < -0.39 is 11.9 Å². The zero-order chi connectivity index (χ0) is 13.3. The smallest absolute Gasteiger partial charge is 0.337 e. The highest BCUT2D eigenvalue weighted by atomic mass is 16.4. The van der Waals surface area contributed by atoms with Crippen molar-refractivity contribution in [1.29, 1.82) is 0 Å². The van der Waals surface area contributed by atoms with Crippen LogP contribution in [0.5, 0.6) is 0 Å². The summed E-state index contributed by atoms with van der Waals surface area (Å²) in [5.41, 5.74) is 0.400. The Kier molecular flexibility index (Phi) is 2.74. The normalized spacial score (nSPS) is 9.94. The first-order chi connectivity index (χ1) is 8.54. The Hall–Kier alpha value is -2.80. The fourth-order valence-corrected chi connectivity index (χ4v) is 1.81. The van der Waals surface area contributed by atoms with Crippen molar-refractivity contribution < 1.29 is 19.8 Å². The summed E-state index contributed by atoms with van der Waals surface area (Å²) in [5, 5.41) is 19.0. The van der Waals surface area contributed by atoms with Crippen molar-refractivity contribution in [3.63, 3.8) is 0 Å². The molecule has 88 valence electrons. The van der Waals surface area contributed by atoms with Crippen LogP contribution in [0, 0.1) is 12.3 Å². The van der Waals surface area contributed by atoms with E-state index in [1.54, 1.807) is 6.07 Å². The van der Waals surface area contributed by atoms with Crippen LogP contribution in [0.3, 0.4) is 0 Å². The van der Waals surface area contributed by atoms with Gasteiger partial charge in [0.15, 0.2) is 0 Å². The number of aromatic carboxylic acids is 2. The maximum absolute atomic E-state index is 11.2. The summed E-state index contributed by atoms with van der Waals surface area (Å²) in [6.07, 6.45) is 5.25. The zero-order valence-corrected chi connectivity index (χ0v) is 9.18. The molecule has 0 spiro atoms. The van der Waals surface area contributed by atoms with E-state index in [0.29, 0.717) is 10.8 Å². The van der Waals surface area contributed by atoms with Gasteiger partial charge in [-0.15, -0.1) is 6.42 Å². The predicted molar refractivity (Wildman–Crippen MR) is 65.8 cm³/mol. The van der Waals surface area contributed by atoms with Gasteiger partial charge in [0.1, 0.15) is 0 Å². The second kappa shape index (κ2) is 4.22. The molecule has 0 aliphatic rings. The summed E-state index contributed by atoms with van der Waals surface area (Å²) >= 11 is 0. The molecule has 0 atom stereocenters. The van der Waals surface area contributed by atoms with Gasteiger partial charge in [-0.1, -0.05) is 18.1 Å². The molecule has 0 heterocycles. The molecule has 0 bridgehead atoms. The van der Waals surface area contributed by atoms with Crippen LogP contribution in [0.25, 0.3) is 10.8 Å². The molecule has 4 heteroatoms. The first kappa shape index (κ1) is 11.7. The molecular formula is C14H8O4. The average molecular weight is 240 g/mol. The summed E-state index contributed by atoms with van der Waals surface area (Å²) in [4.78, 5) is 22.0. The molecule has 0 aliphatic heterocycles. The molecule has 2 N–H and O–H groups in total. The quantitative estimate of drug-likeness (QED) is 0.789. The van der Waals surface area contributed by atoms with Crippen LogP contribution >= 0.6 is 0 Å². The fourth-order valence-electron chi connectivity index (χ4n) is 1.81. The Labute approximate surface area is 102 Å². The van der Waals surface area contributed by atoms with Crippen molar-refractivity contribution in [2.24, 2.45) is 0 Å². The van der Waals surface area contributed by atoms with Gasteiger partial charge < -0.3 is 10.2 Å². The number of hydrogen-bond donors (Lipinski definition) is 2. The number of benzene rings is 2. The number of carboxylic acids is 2. The van der Waals surface area contributed by atoms with Crippen molar-refractivity contribution in [3.05, 3.63) is 47.0 Å². The van der Waals surface area contributed by atoms with Gasteiger partial charge in [0.2, 0.25) is 0 Å². The predicted octanol–water partition coefficient (Wildman–Crippen LogP) is 2.22. The monoisotopic (exact) mass is 240 g/mol. The van der Waals surface area contributed by atoms with Crippen LogP contribution in [0.15, 0.2) is 30.3 Å². The lowest BCUT2D eigenvalue weighted by molar-refractivity contribution is 0.0688. The van der Waals surface area contributed by atoms with Gasteiger partial charge in [0, 0.05) is 5.56 Å². The Morgan fingerprint density at radius 1 is 1.06 bits per heavy atom. The van der Waals surface area contributed by atoms with Crippen molar-refractivity contribution in [2.75, 3.05) is 0 Å². The Morgan fingerprint density at radius 2 is 1.78 bits per heavy atom. The van der Waals surface area contributed by atoms with Crippen LogP contribution in [0.2, 0.25) is 0 Å². The molecule has 2 rings (SSSR count). The number of carboxylic acid groups (broad SMARTS) is 2. The number of terminal acetylenes is 1. The summed E-state index contributed by atoms with van der Waals surface area (Å²) in [6, 6.07) is 7.35. The summed E-state index contributed by atoms with van der Waals surface area (Å²) in [7, 11) is 0. The van der Waals surface area contributed by atoms with Gasteiger partial charge in [-0.25, -0.2) is 9.59 Å². The SMILES string of the molecule is C#Cc1ccc2cc(C(=O)O)ccc2c1C(=O)O.